The van der Waals surface area contributed by atoms with Gasteiger partial charge in [-0.05, 0) is 25.2 Å². The van der Waals surface area contributed by atoms with E-state index in [2.05, 4.69) is 0 Å². The quantitative estimate of drug-likeness (QED) is 0.847. The first kappa shape index (κ1) is 16.2. The standard InChI is InChI=1S/C11H17F3N2O2S/c1-2-9(7-15)19(17,18)16-10(11(12,13)14)8-5-3-4-6-8/h8-10,16H,2-6H2,1H3. The number of hydrogen-bond acceptors (Lipinski definition) is 3. The number of rotatable bonds is 5. The Bertz CT molecular complexity index is 436. The van der Waals surface area contributed by atoms with Crippen LogP contribution in [-0.2, 0) is 10.0 Å². The Balaban J connectivity index is 2.92. The second-order valence-corrected chi connectivity index (χ2v) is 6.65. The van der Waals surface area contributed by atoms with Crippen molar-refractivity contribution in [3.05, 3.63) is 0 Å². The monoisotopic (exact) mass is 298 g/mol. The molecule has 19 heavy (non-hydrogen) atoms. The topological polar surface area (TPSA) is 70.0 Å². The Morgan fingerprint density at radius 3 is 2.26 bits per heavy atom. The molecule has 110 valence electrons. The minimum absolute atomic E-state index is 0.0406. The molecule has 0 aromatic carbocycles. The van der Waals surface area contributed by atoms with E-state index in [-0.39, 0.29) is 6.42 Å². The third-order valence-electron chi connectivity index (χ3n) is 3.40. The van der Waals surface area contributed by atoms with Crippen LogP contribution < -0.4 is 4.72 Å². The summed E-state index contributed by atoms with van der Waals surface area (Å²) >= 11 is 0. The lowest BCUT2D eigenvalue weighted by Crippen LogP contribution is -2.51. The maximum absolute atomic E-state index is 13.0. The minimum Gasteiger partial charge on any atom is -0.211 e. The first-order valence-corrected chi connectivity index (χ1v) is 7.74. The average molecular weight is 298 g/mol. The largest absolute Gasteiger partial charge is 0.405 e. The first-order valence-electron chi connectivity index (χ1n) is 6.19. The molecule has 1 fully saturated rings. The summed E-state index contributed by atoms with van der Waals surface area (Å²) in [5.41, 5.74) is 0. The normalized spacial score (nSPS) is 21.0. The van der Waals surface area contributed by atoms with Crippen LogP contribution in [0.15, 0.2) is 0 Å². The van der Waals surface area contributed by atoms with E-state index < -0.39 is 33.4 Å². The number of nitriles is 1. The number of alkyl halides is 3. The third-order valence-corrected chi connectivity index (χ3v) is 5.17. The van der Waals surface area contributed by atoms with E-state index in [0.717, 1.165) is 0 Å². The number of hydrogen-bond donors (Lipinski definition) is 1. The van der Waals surface area contributed by atoms with E-state index in [1.54, 1.807) is 4.72 Å². The fraction of sp³-hybridized carbons (Fsp3) is 0.909. The van der Waals surface area contributed by atoms with Gasteiger partial charge in [-0.25, -0.2) is 13.1 Å². The molecular formula is C11H17F3N2O2S. The SMILES string of the molecule is CCC(C#N)S(=O)(=O)NC(C1CCCC1)C(F)(F)F. The molecule has 0 amide bonds. The molecule has 1 aliphatic rings. The molecule has 0 radical (unpaired) electrons. The number of sulfonamides is 1. The summed E-state index contributed by atoms with van der Waals surface area (Å²) in [6, 6.07) is -0.560. The van der Waals surface area contributed by atoms with E-state index in [1.165, 1.54) is 13.0 Å². The smallest absolute Gasteiger partial charge is 0.211 e. The van der Waals surface area contributed by atoms with Gasteiger partial charge in [-0.15, -0.1) is 0 Å². The van der Waals surface area contributed by atoms with Crippen LogP contribution in [0.1, 0.15) is 39.0 Å². The summed E-state index contributed by atoms with van der Waals surface area (Å²) in [5.74, 6) is -0.731. The molecule has 2 unspecified atom stereocenters. The van der Waals surface area contributed by atoms with Crippen molar-refractivity contribution in [3.8, 4) is 6.07 Å². The van der Waals surface area contributed by atoms with Gasteiger partial charge in [-0.2, -0.15) is 18.4 Å². The molecular weight excluding hydrogens is 281 g/mol. The van der Waals surface area contributed by atoms with Crippen LogP contribution in [0.3, 0.4) is 0 Å². The van der Waals surface area contributed by atoms with Crippen molar-refractivity contribution in [1.82, 2.24) is 4.72 Å². The van der Waals surface area contributed by atoms with Gasteiger partial charge in [0.25, 0.3) is 0 Å². The maximum Gasteiger partial charge on any atom is 0.405 e. The van der Waals surface area contributed by atoms with Crippen LogP contribution in [0, 0.1) is 17.2 Å². The molecule has 8 heteroatoms. The molecule has 0 spiro atoms. The van der Waals surface area contributed by atoms with Crippen LogP contribution in [0.4, 0.5) is 13.2 Å². The molecule has 1 N–H and O–H groups in total. The highest BCUT2D eigenvalue weighted by molar-refractivity contribution is 7.90. The Morgan fingerprint density at radius 1 is 1.37 bits per heavy atom. The molecule has 0 bridgehead atoms. The predicted octanol–water partition coefficient (Wildman–Crippen LogP) is 2.33. The Labute approximate surface area is 111 Å². The van der Waals surface area contributed by atoms with Crippen molar-refractivity contribution < 1.29 is 21.6 Å². The van der Waals surface area contributed by atoms with Gasteiger partial charge >= 0.3 is 6.18 Å². The lowest BCUT2D eigenvalue weighted by molar-refractivity contribution is -0.162. The van der Waals surface area contributed by atoms with Crippen molar-refractivity contribution in [2.45, 2.75) is 56.5 Å². The summed E-state index contributed by atoms with van der Waals surface area (Å²) in [6.45, 7) is 1.45. The zero-order valence-electron chi connectivity index (χ0n) is 10.6. The van der Waals surface area contributed by atoms with Gasteiger partial charge in [0.1, 0.15) is 6.04 Å². The fourth-order valence-electron chi connectivity index (χ4n) is 2.36. The average Bonchev–Trinajstić information content (AvgIpc) is 2.78. The Kier molecular flexibility index (Phi) is 5.21. The van der Waals surface area contributed by atoms with Gasteiger partial charge in [-0.3, -0.25) is 0 Å². The highest BCUT2D eigenvalue weighted by Crippen LogP contribution is 2.36. The first-order chi connectivity index (χ1) is 8.72. The highest BCUT2D eigenvalue weighted by atomic mass is 32.2. The molecule has 0 heterocycles. The Hall–Kier alpha value is -0.810. The summed E-state index contributed by atoms with van der Waals surface area (Å²) < 4.78 is 64.1. The molecule has 0 saturated heterocycles. The molecule has 0 aromatic rings. The third kappa shape index (κ3) is 4.08. The van der Waals surface area contributed by atoms with Crippen molar-refractivity contribution in [3.63, 3.8) is 0 Å². The Morgan fingerprint density at radius 2 is 1.89 bits per heavy atom. The number of halogens is 3. The van der Waals surface area contributed by atoms with Gasteiger partial charge in [-0.1, -0.05) is 19.8 Å². The zero-order chi connectivity index (χ0) is 14.7. The molecule has 2 atom stereocenters. The summed E-state index contributed by atoms with van der Waals surface area (Å²) in [7, 11) is -4.27. The summed E-state index contributed by atoms with van der Waals surface area (Å²) in [6.07, 6.45) is -2.61. The van der Waals surface area contributed by atoms with Gasteiger partial charge in [0.15, 0.2) is 5.25 Å². The number of nitrogens with one attached hydrogen (secondary N) is 1. The molecule has 1 saturated carbocycles. The highest BCUT2D eigenvalue weighted by Gasteiger charge is 2.48. The van der Waals surface area contributed by atoms with Gasteiger partial charge in [0, 0.05) is 0 Å². The second kappa shape index (κ2) is 6.09. The van der Waals surface area contributed by atoms with Gasteiger partial charge in [0.05, 0.1) is 6.07 Å². The van der Waals surface area contributed by atoms with E-state index in [0.29, 0.717) is 25.7 Å². The molecule has 0 aromatic heterocycles. The lowest BCUT2D eigenvalue weighted by Gasteiger charge is -2.27. The fourth-order valence-corrected chi connectivity index (χ4v) is 3.78. The van der Waals surface area contributed by atoms with Crippen molar-refractivity contribution in [2.75, 3.05) is 0 Å². The minimum atomic E-state index is -4.63. The van der Waals surface area contributed by atoms with Gasteiger partial charge in [0.2, 0.25) is 10.0 Å². The van der Waals surface area contributed by atoms with Crippen LogP contribution >= 0.6 is 0 Å². The van der Waals surface area contributed by atoms with Crippen LogP contribution in [0.25, 0.3) is 0 Å². The van der Waals surface area contributed by atoms with E-state index >= 15 is 0 Å². The van der Waals surface area contributed by atoms with Crippen molar-refractivity contribution in [1.29, 1.82) is 5.26 Å². The van der Waals surface area contributed by atoms with E-state index in [4.69, 9.17) is 5.26 Å². The van der Waals surface area contributed by atoms with Crippen molar-refractivity contribution in [2.24, 2.45) is 5.92 Å². The molecule has 1 rings (SSSR count). The maximum atomic E-state index is 13.0. The summed E-state index contributed by atoms with van der Waals surface area (Å²) in [4.78, 5) is 0. The molecule has 0 aliphatic heterocycles. The van der Waals surface area contributed by atoms with Crippen LogP contribution in [-0.4, -0.2) is 25.9 Å². The van der Waals surface area contributed by atoms with Gasteiger partial charge < -0.3 is 0 Å². The molecule has 4 nitrogen and oxygen atoms in total. The predicted molar refractivity (Wildman–Crippen MR) is 63.5 cm³/mol. The van der Waals surface area contributed by atoms with Crippen LogP contribution in [0.2, 0.25) is 0 Å². The van der Waals surface area contributed by atoms with E-state index in [9.17, 15) is 21.6 Å². The second-order valence-electron chi connectivity index (χ2n) is 4.75. The summed E-state index contributed by atoms with van der Waals surface area (Å²) in [5, 5.41) is 7.25. The lowest BCUT2D eigenvalue weighted by atomic mass is 9.99. The van der Waals surface area contributed by atoms with Crippen molar-refractivity contribution >= 4 is 10.0 Å². The van der Waals surface area contributed by atoms with E-state index in [1.807, 2.05) is 0 Å². The molecule has 1 aliphatic carbocycles. The number of nitrogens with zero attached hydrogens (tertiary/aromatic N) is 1. The zero-order valence-corrected chi connectivity index (χ0v) is 11.4. The van der Waals surface area contributed by atoms with Crippen LogP contribution in [0.5, 0.6) is 0 Å².